The Kier molecular flexibility index (Phi) is 3.78. The number of anilines is 2. The number of para-hydroxylation sites is 1. The molecule has 0 amide bonds. The number of fused-ring (bicyclic) bond motifs is 1. The maximum atomic E-state index is 5.44. The van der Waals surface area contributed by atoms with E-state index in [-0.39, 0.29) is 0 Å². The largest absolute Gasteiger partial charge is 0.461 e. The third-order valence-electron chi connectivity index (χ3n) is 4.89. The van der Waals surface area contributed by atoms with E-state index in [0.29, 0.717) is 17.4 Å². The molecule has 7 heteroatoms. The average molecular weight is 360 g/mol. The van der Waals surface area contributed by atoms with E-state index in [4.69, 9.17) is 4.42 Å². The van der Waals surface area contributed by atoms with Crippen molar-refractivity contribution in [2.45, 2.75) is 6.92 Å². The SMILES string of the molecule is Cc1cc(N2CCN(c3ccccc3)CC2)n2nc(-c3ccco3)nc2n1. The van der Waals surface area contributed by atoms with E-state index in [1.165, 1.54) is 5.69 Å². The van der Waals surface area contributed by atoms with Gasteiger partial charge >= 0.3 is 0 Å². The molecule has 0 radical (unpaired) electrons. The molecule has 3 aromatic heterocycles. The van der Waals surface area contributed by atoms with Gasteiger partial charge in [0.1, 0.15) is 5.82 Å². The predicted octanol–water partition coefficient (Wildman–Crippen LogP) is 3.02. The summed E-state index contributed by atoms with van der Waals surface area (Å²) in [7, 11) is 0. The number of rotatable bonds is 3. The molecule has 0 saturated carbocycles. The van der Waals surface area contributed by atoms with Crippen molar-refractivity contribution in [1.82, 2.24) is 19.6 Å². The van der Waals surface area contributed by atoms with Crippen LogP contribution in [0, 0.1) is 6.92 Å². The van der Waals surface area contributed by atoms with Crippen molar-refractivity contribution in [2.75, 3.05) is 36.0 Å². The first-order valence-electron chi connectivity index (χ1n) is 9.11. The first-order chi connectivity index (χ1) is 13.3. The van der Waals surface area contributed by atoms with Gasteiger partial charge in [-0.25, -0.2) is 4.98 Å². The fraction of sp³-hybridized carbons (Fsp3) is 0.250. The fourth-order valence-electron chi connectivity index (χ4n) is 3.54. The van der Waals surface area contributed by atoms with Crippen LogP contribution in [0.1, 0.15) is 5.69 Å². The molecule has 27 heavy (non-hydrogen) atoms. The number of piperazine rings is 1. The molecule has 4 heterocycles. The number of aromatic nitrogens is 4. The van der Waals surface area contributed by atoms with Crippen molar-refractivity contribution < 1.29 is 4.42 Å². The summed E-state index contributed by atoms with van der Waals surface area (Å²) in [6.45, 7) is 5.76. The first-order valence-corrected chi connectivity index (χ1v) is 9.11. The minimum absolute atomic E-state index is 0.558. The quantitative estimate of drug-likeness (QED) is 0.560. The van der Waals surface area contributed by atoms with Crippen LogP contribution in [0.15, 0.2) is 59.2 Å². The van der Waals surface area contributed by atoms with Gasteiger partial charge in [-0.05, 0) is 31.2 Å². The van der Waals surface area contributed by atoms with Gasteiger partial charge in [-0.2, -0.15) is 9.50 Å². The van der Waals surface area contributed by atoms with Crippen LogP contribution in [0.3, 0.4) is 0 Å². The molecular weight excluding hydrogens is 340 g/mol. The lowest BCUT2D eigenvalue weighted by Gasteiger charge is -2.37. The molecule has 7 nitrogen and oxygen atoms in total. The molecule has 0 atom stereocenters. The second kappa shape index (κ2) is 6.42. The summed E-state index contributed by atoms with van der Waals surface area (Å²) in [6, 6.07) is 16.3. The molecule has 4 aromatic rings. The highest BCUT2D eigenvalue weighted by Gasteiger charge is 2.21. The van der Waals surface area contributed by atoms with Crippen molar-refractivity contribution in [3.63, 3.8) is 0 Å². The van der Waals surface area contributed by atoms with E-state index >= 15 is 0 Å². The van der Waals surface area contributed by atoms with Crippen LogP contribution in [-0.2, 0) is 0 Å². The second-order valence-electron chi connectivity index (χ2n) is 6.69. The van der Waals surface area contributed by atoms with Gasteiger partial charge < -0.3 is 14.2 Å². The standard InChI is InChI=1S/C20H20N6O/c1-15-14-18(25-11-9-24(10-12-25)16-6-3-2-4-7-16)26-20(21-15)22-19(23-26)17-8-5-13-27-17/h2-8,13-14H,9-12H2,1H3. The Bertz CT molecular complexity index is 1050. The maximum absolute atomic E-state index is 5.44. The Balaban J connectivity index is 1.45. The van der Waals surface area contributed by atoms with E-state index in [9.17, 15) is 0 Å². The maximum Gasteiger partial charge on any atom is 0.254 e. The summed E-state index contributed by atoms with van der Waals surface area (Å²) in [4.78, 5) is 13.8. The summed E-state index contributed by atoms with van der Waals surface area (Å²) in [6.07, 6.45) is 1.63. The zero-order valence-electron chi connectivity index (χ0n) is 15.1. The number of hydrogen-bond donors (Lipinski definition) is 0. The Morgan fingerprint density at radius 3 is 2.41 bits per heavy atom. The minimum atomic E-state index is 0.558. The Morgan fingerprint density at radius 2 is 1.67 bits per heavy atom. The third kappa shape index (κ3) is 2.91. The lowest BCUT2D eigenvalue weighted by molar-refractivity contribution is 0.577. The van der Waals surface area contributed by atoms with Crippen LogP contribution in [0.25, 0.3) is 17.4 Å². The van der Waals surface area contributed by atoms with Gasteiger partial charge in [-0.3, -0.25) is 0 Å². The van der Waals surface area contributed by atoms with Crippen molar-refractivity contribution in [1.29, 1.82) is 0 Å². The lowest BCUT2D eigenvalue weighted by atomic mass is 10.2. The van der Waals surface area contributed by atoms with Crippen molar-refractivity contribution in [3.8, 4) is 11.6 Å². The molecule has 1 aliphatic heterocycles. The number of aryl methyl sites for hydroxylation is 1. The van der Waals surface area contributed by atoms with Gasteiger partial charge in [0, 0.05) is 43.6 Å². The lowest BCUT2D eigenvalue weighted by Crippen LogP contribution is -2.47. The van der Waals surface area contributed by atoms with E-state index < -0.39 is 0 Å². The summed E-state index contributed by atoms with van der Waals surface area (Å²) < 4.78 is 7.26. The van der Waals surface area contributed by atoms with Crippen LogP contribution in [-0.4, -0.2) is 45.8 Å². The van der Waals surface area contributed by atoms with Gasteiger partial charge in [0.15, 0.2) is 5.76 Å². The van der Waals surface area contributed by atoms with Gasteiger partial charge in [0.25, 0.3) is 5.78 Å². The van der Waals surface area contributed by atoms with E-state index in [1.807, 2.05) is 23.6 Å². The Labute approximate surface area is 156 Å². The smallest absolute Gasteiger partial charge is 0.254 e. The molecule has 1 aromatic carbocycles. The third-order valence-corrected chi connectivity index (χ3v) is 4.89. The van der Waals surface area contributed by atoms with Crippen LogP contribution in [0.5, 0.6) is 0 Å². The summed E-state index contributed by atoms with van der Waals surface area (Å²) in [5, 5.41) is 4.64. The Morgan fingerprint density at radius 1 is 0.889 bits per heavy atom. The monoisotopic (exact) mass is 360 g/mol. The molecule has 0 unspecified atom stereocenters. The van der Waals surface area contributed by atoms with Gasteiger partial charge in [0.2, 0.25) is 5.82 Å². The number of benzene rings is 1. The predicted molar refractivity (Wildman–Crippen MR) is 104 cm³/mol. The van der Waals surface area contributed by atoms with Gasteiger partial charge in [0.05, 0.1) is 6.26 Å². The number of hydrogen-bond acceptors (Lipinski definition) is 6. The summed E-state index contributed by atoms with van der Waals surface area (Å²) >= 11 is 0. The summed E-state index contributed by atoms with van der Waals surface area (Å²) in [5.41, 5.74) is 2.20. The first kappa shape index (κ1) is 15.9. The van der Waals surface area contributed by atoms with Crippen LogP contribution < -0.4 is 9.80 Å². The molecule has 136 valence electrons. The van der Waals surface area contributed by atoms with Crippen LogP contribution >= 0.6 is 0 Å². The van der Waals surface area contributed by atoms with Crippen molar-refractivity contribution in [2.24, 2.45) is 0 Å². The summed E-state index contributed by atoms with van der Waals surface area (Å²) in [5.74, 6) is 2.83. The molecule has 0 spiro atoms. The van der Waals surface area contributed by atoms with E-state index in [0.717, 1.165) is 37.7 Å². The molecule has 1 saturated heterocycles. The van der Waals surface area contributed by atoms with Crippen LogP contribution in [0.4, 0.5) is 11.5 Å². The fourth-order valence-corrected chi connectivity index (χ4v) is 3.54. The highest BCUT2D eigenvalue weighted by molar-refractivity contribution is 5.55. The highest BCUT2D eigenvalue weighted by Crippen LogP contribution is 2.23. The molecule has 0 aliphatic carbocycles. The highest BCUT2D eigenvalue weighted by atomic mass is 16.3. The molecule has 0 bridgehead atoms. The zero-order valence-corrected chi connectivity index (χ0v) is 15.1. The van der Waals surface area contributed by atoms with E-state index in [2.05, 4.69) is 61.3 Å². The Hall–Kier alpha value is -3.35. The molecule has 5 rings (SSSR count). The van der Waals surface area contributed by atoms with Gasteiger partial charge in [-0.15, -0.1) is 5.10 Å². The number of furan rings is 1. The molecule has 1 fully saturated rings. The minimum Gasteiger partial charge on any atom is -0.461 e. The van der Waals surface area contributed by atoms with Crippen molar-refractivity contribution >= 4 is 17.3 Å². The van der Waals surface area contributed by atoms with Crippen molar-refractivity contribution in [3.05, 3.63) is 60.5 Å². The molecular formula is C20H20N6O. The average Bonchev–Trinajstić information content (AvgIpc) is 3.38. The number of nitrogens with zero attached hydrogens (tertiary/aromatic N) is 6. The van der Waals surface area contributed by atoms with Gasteiger partial charge in [-0.1, -0.05) is 18.2 Å². The van der Waals surface area contributed by atoms with E-state index in [1.54, 1.807) is 6.26 Å². The normalized spacial score (nSPS) is 14.9. The zero-order chi connectivity index (χ0) is 18.2. The molecule has 1 aliphatic rings. The second-order valence-corrected chi connectivity index (χ2v) is 6.69. The topological polar surface area (TPSA) is 62.7 Å². The van der Waals surface area contributed by atoms with Crippen LogP contribution in [0.2, 0.25) is 0 Å². The molecule has 0 N–H and O–H groups in total.